The van der Waals surface area contributed by atoms with Crippen molar-refractivity contribution in [3.63, 3.8) is 0 Å². The monoisotopic (exact) mass is 261 g/mol. The molecule has 1 heterocycles. The Bertz CT molecular complexity index is 538. The maximum Gasteiger partial charge on any atom is 0.234 e. The Morgan fingerprint density at radius 2 is 2.16 bits per heavy atom. The van der Waals surface area contributed by atoms with E-state index in [4.69, 9.17) is 4.74 Å². The highest BCUT2D eigenvalue weighted by Gasteiger charge is 2.50. The molecule has 1 aromatic rings. The lowest BCUT2D eigenvalue weighted by molar-refractivity contribution is -0.137. The Hall–Kier alpha value is -1.84. The molecule has 4 heteroatoms. The van der Waals surface area contributed by atoms with E-state index >= 15 is 0 Å². The maximum absolute atomic E-state index is 12.0. The molecule has 0 spiro atoms. The van der Waals surface area contributed by atoms with Crippen molar-refractivity contribution in [3.8, 4) is 5.75 Å². The number of methoxy groups -OCH3 is 1. The number of hydrogen-bond acceptors (Lipinski definition) is 3. The third-order valence-electron chi connectivity index (χ3n) is 4.19. The van der Waals surface area contributed by atoms with Gasteiger partial charge in [-0.05, 0) is 38.0 Å². The van der Waals surface area contributed by atoms with E-state index in [9.17, 15) is 9.59 Å². The van der Waals surface area contributed by atoms with E-state index in [1.165, 1.54) is 6.92 Å². The number of carbonyl (C=O) groups is 2. The third-order valence-corrected chi connectivity index (χ3v) is 4.19. The van der Waals surface area contributed by atoms with Crippen molar-refractivity contribution in [2.24, 2.45) is 5.41 Å². The van der Waals surface area contributed by atoms with E-state index in [2.05, 4.69) is 5.32 Å². The summed E-state index contributed by atoms with van der Waals surface area (Å²) in [6.07, 6.45) is 0. The minimum atomic E-state index is -0.971. The molecule has 0 radical (unpaired) electrons. The van der Waals surface area contributed by atoms with Gasteiger partial charge in [-0.3, -0.25) is 9.59 Å². The lowest BCUT2D eigenvalue weighted by atomic mass is 9.73. The number of aryl methyl sites for hydroxylation is 1. The summed E-state index contributed by atoms with van der Waals surface area (Å²) in [6, 6.07) is 5.80. The molecular formula is C15H19NO3. The number of benzene rings is 1. The number of rotatable bonds is 3. The average molecular weight is 261 g/mol. The van der Waals surface area contributed by atoms with Crippen LogP contribution in [0, 0.1) is 12.3 Å². The topological polar surface area (TPSA) is 55.4 Å². The van der Waals surface area contributed by atoms with Gasteiger partial charge in [0.1, 0.15) is 16.9 Å². The molecule has 19 heavy (non-hydrogen) atoms. The van der Waals surface area contributed by atoms with Gasteiger partial charge < -0.3 is 10.1 Å². The van der Waals surface area contributed by atoms with E-state index in [0.29, 0.717) is 6.54 Å². The molecule has 1 aromatic carbocycles. The molecule has 1 amide bonds. The Kier molecular flexibility index (Phi) is 3.35. The minimum absolute atomic E-state index is 0.0963. The first-order valence-corrected chi connectivity index (χ1v) is 6.35. The van der Waals surface area contributed by atoms with Crippen LogP contribution in [0.3, 0.4) is 0 Å². The smallest absolute Gasteiger partial charge is 0.234 e. The van der Waals surface area contributed by atoms with Crippen LogP contribution in [-0.4, -0.2) is 25.3 Å². The van der Waals surface area contributed by atoms with E-state index in [1.54, 1.807) is 14.0 Å². The van der Waals surface area contributed by atoms with Gasteiger partial charge in [0.15, 0.2) is 0 Å². The predicted octanol–water partition coefficient (Wildman–Crippen LogP) is 1.81. The van der Waals surface area contributed by atoms with Gasteiger partial charge >= 0.3 is 0 Å². The summed E-state index contributed by atoms with van der Waals surface area (Å²) in [5, 5.41) is 2.80. The number of Topliss-reactive ketones (excluding diaryl/α,β-unsaturated/α-hetero) is 1. The van der Waals surface area contributed by atoms with Crippen LogP contribution >= 0.6 is 0 Å². The van der Waals surface area contributed by atoms with Crippen molar-refractivity contribution in [1.29, 1.82) is 0 Å². The van der Waals surface area contributed by atoms with Crippen LogP contribution < -0.4 is 10.1 Å². The second kappa shape index (κ2) is 4.68. The van der Waals surface area contributed by atoms with E-state index in [-0.39, 0.29) is 17.6 Å². The number of carbonyl (C=O) groups excluding carboxylic acids is 2. The predicted molar refractivity (Wildman–Crippen MR) is 72.3 cm³/mol. The van der Waals surface area contributed by atoms with E-state index in [1.807, 2.05) is 25.1 Å². The zero-order chi connectivity index (χ0) is 14.2. The Morgan fingerprint density at radius 1 is 1.47 bits per heavy atom. The van der Waals surface area contributed by atoms with Crippen LogP contribution in [0.1, 0.15) is 30.9 Å². The highest BCUT2D eigenvalue weighted by Crippen LogP contribution is 2.41. The average Bonchev–Trinajstić information content (AvgIpc) is 2.67. The molecule has 1 aliphatic rings. The molecule has 0 bridgehead atoms. The standard InChI is InChI=1S/C15H19NO3/c1-9-7-11(5-6-13(9)19-4)12-8-16-14(18)15(12,3)10(2)17/h5-7,12H,8H2,1-4H3,(H,16,18)/t12-,15-/m0/s1. The third kappa shape index (κ3) is 2.01. The molecule has 2 rings (SSSR count). The van der Waals surface area contributed by atoms with Crippen molar-refractivity contribution >= 4 is 11.7 Å². The normalized spacial score (nSPS) is 26.1. The summed E-state index contributed by atoms with van der Waals surface area (Å²) < 4.78 is 5.23. The fraction of sp³-hybridized carbons (Fsp3) is 0.467. The SMILES string of the molecule is COc1ccc([C@@H]2CNC(=O)[C@@]2(C)C(C)=O)cc1C. The van der Waals surface area contributed by atoms with Crippen LogP contribution in [0.5, 0.6) is 5.75 Å². The molecule has 2 atom stereocenters. The van der Waals surface area contributed by atoms with Crippen molar-refractivity contribution < 1.29 is 14.3 Å². The summed E-state index contributed by atoms with van der Waals surface area (Å²) in [5.74, 6) is 0.409. The largest absolute Gasteiger partial charge is 0.496 e. The number of nitrogens with one attached hydrogen (secondary N) is 1. The van der Waals surface area contributed by atoms with Crippen molar-refractivity contribution in [2.45, 2.75) is 26.7 Å². The van der Waals surface area contributed by atoms with Crippen LogP contribution in [0.2, 0.25) is 0 Å². The van der Waals surface area contributed by atoms with Crippen molar-refractivity contribution in [3.05, 3.63) is 29.3 Å². The highest BCUT2D eigenvalue weighted by molar-refractivity contribution is 6.07. The number of hydrogen-bond donors (Lipinski definition) is 1. The van der Waals surface area contributed by atoms with E-state index < -0.39 is 5.41 Å². The molecule has 1 fully saturated rings. The van der Waals surface area contributed by atoms with Crippen LogP contribution in [0.15, 0.2) is 18.2 Å². The molecule has 0 aromatic heterocycles. The molecule has 4 nitrogen and oxygen atoms in total. The van der Waals surface area contributed by atoms with Crippen molar-refractivity contribution in [2.75, 3.05) is 13.7 Å². The van der Waals surface area contributed by atoms with Crippen molar-refractivity contribution in [1.82, 2.24) is 5.32 Å². The van der Waals surface area contributed by atoms with Gasteiger partial charge in [0, 0.05) is 12.5 Å². The van der Waals surface area contributed by atoms with Gasteiger partial charge in [0.2, 0.25) is 5.91 Å². The Balaban J connectivity index is 2.44. The van der Waals surface area contributed by atoms with Crippen LogP contribution in [-0.2, 0) is 9.59 Å². The summed E-state index contributed by atoms with van der Waals surface area (Å²) in [4.78, 5) is 23.9. The zero-order valence-corrected chi connectivity index (χ0v) is 11.7. The number of ether oxygens (including phenoxy) is 1. The molecule has 1 aliphatic heterocycles. The Morgan fingerprint density at radius 3 is 2.68 bits per heavy atom. The van der Waals surface area contributed by atoms with Crippen LogP contribution in [0.4, 0.5) is 0 Å². The van der Waals surface area contributed by atoms with Gasteiger partial charge in [-0.1, -0.05) is 12.1 Å². The number of ketones is 1. The van der Waals surface area contributed by atoms with Gasteiger partial charge in [0.25, 0.3) is 0 Å². The fourth-order valence-corrected chi connectivity index (χ4v) is 2.72. The van der Waals surface area contributed by atoms with Gasteiger partial charge in [-0.25, -0.2) is 0 Å². The van der Waals surface area contributed by atoms with E-state index in [0.717, 1.165) is 16.9 Å². The van der Waals surface area contributed by atoms with Gasteiger partial charge in [0.05, 0.1) is 7.11 Å². The zero-order valence-electron chi connectivity index (χ0n) is 11.7. The summed E-state index contributed by atoms with van der Waals surface area (Å²) in [6.45, 7) is 5.66. The highest BCUT2D eigenvalue weighted by atomic mass is 16.5. The first kappa shape index (κ1) is 13.6. The first-order valence-electron chi connectivity index (χ1n) is 6.35. The quantitative estimate of drug-likeness (QED) is 0.844. The molecule has 0 saturated carbocycles. The lowest BCUT2D eigenvalue weighted by Gasteiger charge is -2.26. The van der Waals surface area contributed by atoms with Gasteiger partial charge in [-0.2, -0.15) is 0 Å². The molecule has 102 valence electrons. The summed E-state index contributed by atoms with van der Waals surface area (Å²) in [7, 11) is 1.63. The maximum atomic E-state index is 12.0. The molecular weight excluding hydrogens is 242 g/mol. The second-order valence-corrected chi connectivity index (χ2v) is 5.25. The molecule has 1 saturated heterocycles. The molecule has 0 aliphatic carbocycles. The van der Waals surface area contributed by atoms with Crippen LogP contribution in [0.25, 0.3) is 0 Å². The lowest BCUT2D eigenvalue weighted by Crippen LogP contribution is -2.37. The minimum Gasteiger partial charge on any atom is -0.496 e. The fourth-order valence-electron chi connectivity index (χ4n) is 2.72. The van der Waals surface area contributed by atoms with Gasteiger partial charge in [-0.15, -0.1) is 0 Å². The Labute approximate surface area is 113 Å². The summed E-state index contributed by atoms with van der Waals surface area (Å²) in [5.41, 5.74) is 1.03. The second-order valence-electron chi connectivity index (χ2n) is 5.25. The summed E-state index contributed by atoms with van der Waals surface area (Å²) >= 11 is 0. The molecule has 0 unspecified atom stereocenters. The first-order chi connectivity index (χ1) is 8.91. The molecule has 1 N–H and O–H groups in total. The number of amides is 1.